The average Bonchev–Trinajstić information content (AvgIpc) is 2.46. The highest BCUT2D eigenvalue weighted by molar-refractivity contribution is 6.58. The first-order chi connectivity index (χ1) is 9.74. The van der Waals surface area contributed by atoms with Crippen molar-refractivity contribution in [3.05, 3.63) is 18.5 Å². The van der Waals surface area contributed by atoms with E-state index in [9.17, 15) is 0 Å². The van der Waals surface area contributed by atoms with Gasteiger partial charge in [-0.1, -0.05) is 51.9 Å². The van der Waals surface area contributed by atoms with Crippen LogP contribution in [0.5, 0.6) is 5.75 Å². The summed E-state index contributed by atoms with van der Waals surface area (Å²) in [6.45, 7) is 2.89. The predicted octanol–water partition coefficient (Wildman–Crippen LogP) is 2.28. The summed E-state index contributed by atoms with van der Waals surface area (Å²) in [5, 5.41) is 18.1. The summed E-state index contributed by atoms with van der Waals surface area (Å²) in [4.78, 5) is 3.92. The standard InChI is InChI=1S/C15H26BNO3/c1-2-3-4-5-6-7-8-9-10-20-15-11-14(16(18)19)12-17-13-15/h11-13,18-19H,2-10H2,1H3. The molecule has 0 amide bonds. The van der Waals surface area contributed by atoms with E-state index in [0.29, 0.717) is 17.8 Å². The number of hydrogen-bond acceptors (Lipinski definition) is 4. The van der Waals surface area contributed by atoms with Crippen LogP contribution in [0.25, 0.3) is 0 Å². The maximum Gasteiger partial charge on any atom is 0.490 e. The molecule has 0 atom stereocenters. The Morgan fingerprint density at radius 3 is 2.30 bits per heavy atom. The molecular formula is C15H26BNO3. The van der Waals surface area contributed by atoms with Gasteiger partial charge in [0.25, 0.3) is 0 Å². The molecule has 0 aliphatic heterocycles. The van der Waals surface area contributed by atoms with Crippen LogP contribution in [0.1, 0.15) is 58.3 Å². The summed E-state index contributed by atoms with van der Waals surface area (Å²) in [7, 11) is -1.49. The van der Waals surface area contributed by atoms with Gasteiger partial charge >= 0.3 is 7.12 Å². The summed E-state index contributed by atoms with van der Waals surface area (Å²) >= 11 is 0. The summed E-state index contributed by atoms with van der Waals surface area (Å²) in [5.74, 6) is 0.596. The van der Waals surface area contributed by atoms with E-state index in [1.165, 1.54) is 51.1 Å². The van der Waals surface area contributed by atoms with Crippen molar-refractivity contribution in [1.29, 1.82) is 0 Å². The Hall–Kier alpha value is -1.07. The van der Waals surface area contributed by atoms with Gasteiger partial charge in [-0.2, -0.15) is 0 Å². The van der Waals surface area contributed by atoms with Crippen LogP contribution < -0.4 is 10.2 Å². The minimum Gasteiger partial charge on any atom is -0.492 e. The molecule has 0 aliphatic carbocycles. The third-order valence-corrected chi connectivity index (χ3v) is 3.30. The predicted molar refractivity (Wildman–Crippen MR) is 82.2 cm³/mol. The second kappa shape index (κ2) is 10.7. The van der Waals surface area contributed by atoms with Gasteiger partial charge in [-0.15, -0.1) is 0 Å². The molecule has 0 saturated heterocycles. The molecule has 0 aliphatic rings. The summed E-state index contributed by atoms with van der Waals surface area (Å²) < 4.78 is 5.56. The largest absolute Gasteiger partial charge is 0.492 e. The highest BCUT2D eigenvalue weighted by Gasteiger charge is 2.11. The molecule has 1 heterocycles. The molecule has 1 rings (SSSR count). The SMILES string of the molecule is CCCCCCCCCCOc1cncc(B(O)O)c1. The van der Waals surface area contributed by atoms with Gasteiger partial charge in [0.05, 0.1) is 12.8 Å². The molecule has 112 valence electrons. The Labute approximate surface area is 122 Å². The zero-order valence-corrected chi connectivity index (χ0v) is 12.4. The van der Waals surface area contributed by atoms with Crippen LogP contribution in [0.3, 0.4) is 0 Å². The number of ether oxygens (including phenoxy) is 1. The van der Waals surface area contributed by atoms with E-state index in [1.54, 1.807) is 12.3 Å². The molecule has 0 aromatic carbocycles. The van der Waals surface area contributed by atoms with Crippen LogP contribution in [-0.4, -0.2) is 28.8 Å². The van der Waals surface area contributed by atoms with Crippen LogP contribution in [0.15, 0.2) is 18.5 Å². The number of pyridine rings is 1. The molecule has 2 N–H and O–H groups in total. The van der Waals surface area contributed by atoms with Crippen molar-refractivity contribution in [2.45, 2.75) is 58.3 Å². The van der Waals surface area contributed by atoms with E-state index in [0.717, 1.165) is 6.42 Å². The number of rotatable bonds is 11. The highest BCUT2D eigenvalue weighted by Crippen LogP contribution is 2.10. The first-order valence-electron chi connectivity index (χ1n) is 7.68. The zero-order chi connectivity index (χ0) is 14.6. The molecule has 1 aromatic heterocycles. The second-order valence-corrected chi connectivity index (χ2v) is 5.15. The lowest BCUT2D eigenvalue weighted by atomic mass is 9.82. The van der Waals surface area contributed by atoms with Gasteiger partial charge in [-0.25, -0.2) is 0 Å². The van der Waals surface area contributed by atoms with Crippen LogP contribution in [-0.2, 0) is 0 Å². The van der Waals surface area contributed by atoms with Crippen molar-refractivity contribution in [1.82, 2.24) is 4.98 Å². The maximum absolute atomic E-state index is 9.04. The van der Waals surface area contributed by atoms with Gasteiger partial charge in [0.1, 0.15) is 5.75 Å². The molecule has 0 unspecified atom stereocenters. The molecule has 1 aromatic rings. The second-order valence-electron chi connectivity index (χ2n) is 5.15. The molecular weight excluding hydrogens is 253 g/mol. The van der Waals surface area contributed by atoms with Gasteiger partial charge in [-0.05, 0) is 12.5 Å². The first-order valence-corrected chi connectivity index (χ1v) is 7.68. The first kappa shape index (κ1) is 17.0. The van der Waals surface area contributed by atoms with E-state index < -0.39 is 7.12 Å². The third kappa shape index (κ3) is 7.51. The van der Waals surface area contributed by atoms with E-state index in [-0.39, 0.29) is 0 Å². The lowest BCUT2D eigenvalue weighted by Crippen LogP contribution is -2.30. The van der Waals surface area contributed by atoms with Gasteiger partial charge in [0.2, 0.25) is 0 Å². The van der Waals surface area contributed by atoms with Crippen molar-refractivity contribution in [2.75, 3.05) is 6.61 Å². The van der Waals surface area contributed by atoms with Crippen LogP contribution in [0.4, 0.5) is 0 Å². The summed E-state index contributed by atoms with van der Waals surface area (Å²) in [5.41, 5.74) is 0.360. The topological polar surface area (TPSA) is 62.6 Å². The normalized spacial score (nSPS) is 10.6. The van der Waals surface area contributed by atoms with Crippen LogP contribution in [0.2, 0.25) is 0 Å². The number of hydrogen-bond donors (Lipinski definition) is 2. The Bertz CT molecular complexity index is 361. The van der Waals surface area contributed by atoms with Crippen LogP contribution >= 0.6 is 0 Å². The fraction of sp³-hybridized carbons (Fsp3) is 0.667. The third-order valence-electron chi connectivity index (χ3n) is 3.30. The molecule has 20 heavy (non-hydrogen) atoms. The van der Waals surface area contributed by atoms with E-state index in [1.807, 2.05) is 0 Å². The summed E-state index contributed by atoms with van der Waals surface area (Å²) in [6.07, 6.45) is 13.1. The van der Waals surface area contributed by atoms with Gasteiger partial charge < -0.3 is 14.8 Å². The highest BCUT2D eigenvalue weighted by atomic mass is 16.5. The van der Waals surface area contributed by atoms with Gasteiger partial charge in [-0.3, -0.25) is 4.98 Å². The Morgan fingerprint density at radius 1 is 1.00 bits per heavy atom. The van der Waals surface area contributed by atoms with Crippen LogP contribution in [0, 0.1) is 0 Å². The van der Waals surface area contributed by atoms with E-state index in [4.69, 9.17) is 14.8 Å². The summed E-state index contributed by atoms with van der Waals surface area (Å²) in [6, 6.07) is 1.61. The van der Waals surface area contributed by atoms with E-state index in [2.05, 4.69) is 11.9 Å². The molecule has 0 bridgehead atoms. The van der Waals surface area contributed by atoms with Crippen molar-refractivity contribution in [3.8, 4) is 5.75 Å². The number of aromatic nitrogens is 1. The minimum atomic E-state index is -1.49. The maximum atomic E-state index is 9.04. The van der Waals surface area contributed by atoms with Gasteiger partial charge in [0, 0.05) is 11.7 Å². The minimum absolute atomic E-state index is 0.360. The Morgan fingerprint density at radius 2 is 1.65 bits per heavy atom. The fourth-order valence-electron chi connectivity index (χ4n) is 2.08. The molecule has 0 spiro atoms. The van der Waals surface area contributed by atoms with Gasteiger partial charge in [0.15, 0.2) is 0 Å². The lowest BCUT2D eigenvalue weighted by molar-refractivity contribution is 0.303. The Kier molecular flexibility index (Phi) is 9.08. The molecule has 0 fully saturated rings. The van der Waals surface area contributed by atoms with Crippen molar-refractivity contribution < 1.29 is 14.8 Å². The van der Waals surface area contributed by atoms with Crippen molar-refractivity contribution in [3.63, 3.8) is 0 Å². The van der Waals surface area contributed by atoms with Crippen molar-refractivity contribution >= 4 is 12.6 Å². The van der Waals surface area contributed by atoms with Crippen molar-refractivity contribution in [2.24, 2.45) is 0 Å². The molecule has 0 saturated carbocycles. The average molecular weight is 279 g/mol. The molecule has 4 nitrogen and oxygen atoms in total. The number of nitrogens with zero attached hydrogens (tertiary/aromatic N) is 1. The van der Waals surface area contributed by atoms with E-state index >= 15 is 0 Å². The fourth-order valence-corrected chi connectivity index (χ4v) is 2.08. The monoisotopic (exact) mass is 279 g/mol. The lowest BCUT2D eigenvalue weighted by Gasteiger charge is -2.07. The molecule has 5 heteroatoms. The Balaban J connectivity index is 2.05. The number of unbranched alkanes of at least 4 members (excludes halogenated alkanes) is 7. The smallest absolute Gasteiger partial charge is 0.490 e. The zero-order valence-electron chi connectivity index (χ0n) is 12.4. The molecule has 0 radical (unpaired) electrons. The quantitative estimate of drug-likeness (QED) is 0.482.